The molecule has 150 valence electrons. The van der Waals surface area contributed by atoms with Gasteiger partial charge in [0.25, 0.3) is 0 Å². The van der Waals surface area contributed by atoms with E-state index in [0.29, 0.717) is 6.54 Å². The molecule has 0 saturated carbocycles. The maximum atomic E-state index is 13.4. The van der Waals surface area contributed by atoms with Gasteiger partial charge in [-0.25, -0.2) is 0 Å². The molecular formula is C22H27ClN2O2S. The second kappa shape index (κ2) is 9.10. The van der Waals surface area contributed by atoms with Crippen LogP contribution in [0, 0.1) is 0 Å². The van der Waals surface area contributed by atoms with Crippen molar-refractivity contribution in [3.8, 4) is 0 Å². The van der Waals surface area contributed by atoms with Crippen LogP contribution in [0.3, 0.4) is 0 Å². The maximum absolute atomic E-state index is 13.4. The highest BCUT2D eigenvalue weighted by atomic mass is 35.5. The Hall–Kier alpha value is -1.85. The van der Waals surface area contributed by atoms with E-state index < -0.39 is 5.38 Å². The van der Waals surface area contributed by atoms with E-state index in [2.05, 4.69) is 23.6 Å². The molecule has 0 bridgehead atoms. The van der Waals surface area contributed by atoms with E-state index in [9.17, 15) is 9.59 Å². The molecule has 1 aromatic carbocycles. The summed E-state index contributed by atoms with van der Waals surface area (Å²) in [6.07, 6.45) is 1.63. The van der Waals surface area contributed by atoms with Crippen molar-refractivity contribution in [3.63, 3.8) is 0 Å². The second-order valence-electron chi connectivity index (χ2n) is 7.29. The quantitative estimate of drug-likeness (QED) is 0.649. The average molecular weight is 419 g/mol. The first kappa shape index (κ1) is 20.9. The molecule has 2 aromatic rings. The van der Waals surface area contributed by atoms with Crippen LogP contribution in [0.25, 0.3) is 0 Å². The van der Waals surface area contributed by atoms with Crippen LogP contribution in [0.15, 0.2) is 41.8 Å². The SMILES string of the molecule is CC[C@H](C)N(CC(=O)N1CCc2sccc2[C@H]1c1ccccc1)C(=O)[C@@H](C)Cl. The molecule has 0 radical (unpaired) electrons. The molecule has 3 rings (SSSR count). The third kappa shape index (κ3) is 4.26. The smallest absolute Gasteiger partial charge is 0.243 e. The molecule has 1 aromatic heterocycles. The van der Waals surface area contributed by atoms with E-state index in [1.165, 1.54) is 10.4 Å². The molecule has 1 aliphatic heterocycles. The van der Waals surface area contributed by atoms with Gasteiger partial charge in [0.1, 0.15) is 11.9 Å². The summed E-state index contributed by atoms with van der Waals surface area (Å²) in [7, 11) is 0. The molecule has 2 amide bonds. The zero-order valence-electron chi connectivity index (χ0n) is 16.6. The second-order valence-corrected chi connectivity index (χ2v) is 8.94. The van der Waals surface area contributed by atoms with Crippen LogP contribution in [-0.2, 0) is 16.0 Å². The molecule has 4 nitrogen and oxygen atoms in total. The minimum absolute atomic E-state index is 0.0309. The number of benzene rings is 1. The Bertz CT molecular complexity index is 821. The first-order valence-corrected chi connectivity index (χ1v) is 11.1. The monoisotopic (exact) mass is 418 g/mol. The number of halogens is 1. The van der Waals surface area contributed by atoms with Gasteiger partial charge in [0.2, 0.25) is 11.8 Å². The molecule has 28 heavy (non-hydrogen) atoms. The molecule has 3 atom stereocenters. The summed E-state index contributed by atoms with van der Waals surface area (Å²) in [5.41, 5.74) is 2.30. The van der Waals surface area contributed by atoms with Gasteiger partial charge in [-0.05, 0) is 49.3 Å². The zero-order valence-corrected chi connectivity index (χ0v) is 18.2. The van der Waals surface area contributed by atoms with Crippen LogP contribution in [0.2, 0.25) is 0 Å². The summed E-state index contributed by atoms with van der Waals surface area (Å²) >= 11 is 7.80. The van der Waals surface area contributed by atoms with Crippen LogP contribution in [0.4, 0.5) is 0 Å². The fourth-order valence-corrected chi connectivity index (χ4v) is 4.75. The predicted octanol–water partition coefficient (Wildman–Crippen LogP) is 4.48. The number of alkyl halides is 1. The minimum atomic E-state index is -0.642. The number of carbonyl (C=O) groups excluding carboxylic acids is 2. The van der Waals surface area contributed by atoms with Crippen molar-refractivity contribution in [2.45, 2.75) is 51.1 Å². The molecule has 1 aliphatic rings. The molecule has 2 heterocycles. The summed E-state index contributed by atoms with van der Waals surface area (Å²) in [4.78, 5) is 30.8. The first-order chi connectivity index (χ1) is 13.4. The first-order valence-electron chi connectivity index (χ1n) is 9.79. The van der Waals surface area contributed by atoms with Gasteiger partial charge in [0.05, 0.1) is 6.04 Å². The molecule has 0 unspecified atom stereocenters. The van der Waals surface area contributed by atoms with E-state index in [0.717, 1.165) is 18.4 Å². The highest BCUT2D eigenvalue weighted by molar-refractivity contribution is 7.10. The third-order valence-electron chi connectivity index (χ3n) is 5.45. The van der Waals surface area contributed by atoms with Gasteiger partial charge in [-0.15, -0.1) is 22.9 Å². The van der Waals surface area contributed by atoms with Crippen LogP contribution >= 0.6 is 22.9 Å². The number of amides is 2. The molecule has 0 aliphatic carbocycles. The lowest BCUT2D eigenvalue weighted by molar-refractivity contribution is -0.143. The van der Waals surface area contributed by atoms with Crippen molar-refractivity contribution in [1.29, 1.82) is 0 Å². The molecule has 6 heteroatoms. The number of thiophene rings is 1. The number of rotatable bonds is 6. The Morgan fingerprint density at radius 3 is 2.61 bits per heavy atom. The summed E-state index contributed by atoms with van der Waals surface area (Å²) in [5.74, 6) is -0.217. The summed E-state index contributed by atoms with van der Waals surface area (Å²) in [5, 5.41) is 1.45. The molecule has 0 spiro atoms. The summed E-state index contributed by atoms with van der Waals surface area (Å²) in [6, 6.07) is 12.1. The van der Waals surface area contributed by atoms with E-state index in [1.54, 1.807) is 23.2 Å². The topological polar surface area (TPSA) is 40.6 Å². The van der Waals surface area contributed by atoms with Gasteiger partial charge in [-0.3, -0.25) is 9.59 Å². The van der Waals surface area contributed by atoms with Crippen molar-refractivity contribution in [2.75, 3.05) is 13.1 Å². The molecule has 0 fully saturated rings. The van der Waals surface area contributed by atoms with E-state index >= 15 is 0 Å². The van der Waals surface area contributed by atoms with Crippen molar-refractivity contribution >= 4 is 34.8 Å². The normalized spacial score (nSPS) is 18.3. The van der Waals surface area contributed by atoms with Gasteiger partial charge < -0.3 is 9.80 Å². The Balaban J connectivity index is 1.90. The van der Waals surface area contributed by atoms with E-state index in [1.807, 2.05) is 36.9 Å². The molecule has 0 N–H and O–H groups in total. The van der Waals surface area contributed by atoms with Crippen molar-refractivity contribution < 1.29 is 9.59 Å². The standard InChI is InChI=1S/C22H27ClN2O2S/c1-4-15(2)25(22(27)16(3)23)14-20(26)24-12-10-19-18(11-13-28-19)21(24)17-8-6-5-7-9-17/h5-9,11,13,15-16,21H,4,10,12,14H2,1-3H3/t15-,16+,21+/m0/s1. The number of hydrogen-bond donors (Lipinski definition) is 0. The average Bonchev–Trinajstić information content (AvgIpc) is 3.19. The fourth-order valence-electron chi connectivity index (χ4n) is 3.72. The lowest BCUT2D eigenvalue weighted by Gasteiger charge is -2.38. The van der Waals surface area contributed by atoms with Crippen LogP contribution in [0.1, 0.15) is 49.2 Å². The Kier molecular flexibility index (Phi) is 6.78. The van der Waals surface area contributed by atoms with Gasteiger partial charge in [0, 0.05) is 17.5 Å². The number of hydrogen-bond acceptors (Lipinski definition) is 3. The highest BCUT2D eigenvalue weighted by Gasteiger charge is 2.35. The number of carbonyl (C=O) groups is 2. The number of nitrogens with zero attached hydrogens (tertiary/aromatic N) is 2. The van der Waals surface area contributed by atoms with Crippen molar-refractivity contribution in [3.05, 3.63) is 57.8 Å². The highest BCUT2D eigenvalue weighted by Crippen LogP contribution is 2.37. The van der Waals surface area contributed by atoms with E-state index in [4.69, 9.17) is 11.6 Å². The van der Waals surface area contributed by atoms with Crippen LogP contribution in [-0.4, -0.2) is 46.1 Å². The predicted molar refractivity (Wildman–Crippen MR) is 115 cm³/mol. The maximum Gasteiger partial charge on any atom is 0.243 e. The number of fused-ring (bicyclic) bond motifs is 1. The van der Waals surface area contributed by atoms with Gasteiger partial charge in [0.15, 0.2) is 0 Å². The Morgan fingerprint density at radius 2 is 1.96 bits per heavy atom. The summed E-state index contributed by atoms with van der Waals surface area (Å²) < 4.78 is 0. The molecule has 0 saturated heterocycles. The third-order valence-corrected chi connectivity index (χ3v) is 6.64. The fraction of sp³-hybridized carbons (Fsp3) is 0.455. The zero-order chi connectivity index (χ0) is 20.3. The lowest BCUT2D eigenvalue weighted by atomic mass is 9.93. The van der Waals surface area contributed by atoms with Crippen molar-refractivity contribution in [2.24, 2.45) is 0 Å². The van der Waals surface area contributed by atoms with Crippen LogP contribution in [0.5, 0.6) is 0 Å². The minimum Gasteiger partial charge on any atom is -0.330 e. The van der Waals surface area contributed by atoms with Gasteiger partial charge in [-0.2, -0.15) is 0 Å². The van der Waals surface area contributed by atoms with Gasteiger partial charge >= 0.3 is 0 Å². The van der Waals surface area contributed by atoms with Gasteiger partial charge in [-0.1, -0.05) is 37.3 Å². The Morgan fingerprint density at radius 1 is 1.25 bits per heavy atom. The largest absolute Gasteiger partial charge is 0.330 e. The summed E-state index contributed by atoms with van der Waals surface area (Å²) in [6.45, 7) is 6.36. The van der Waals surface area contributed by atoms with Crippen molar-refractivity contribution in [1.82, 2.24) is 9.80 Å². The Labute approximate surface area is 176 Å². The van der Waals surface area contributed by atoms with E-state index in [-0.39, 0.29) is 30.4 Å². The van der Waals surface area contributed by atoms with Crippen LogP contribution < -0.4 is 0 Å². The lowest BCUT2D eigenvalue weighted by Crippen LogP contribution is -2.50. The molecular weight excluding hydrogens is 392 g/mol.